The highest BCUT2D eigenvalue weighted by molar-refractivity contribution is 5.93. The Kier molecular flexibility index (Phi) is 13.1. The van der Waals surface area contributed by atoms with Crippen molar-refractivity contribution < 1.29 is 38.6 Å². The standard InChI is InChI=1S/C34H40N4O8/c1-34(2,3)46-33(44)38-28(19-24-14-16-26(39)17-15-24)32(43)35-20-29(40)37-27(18-23-10-6-4-7-11-23)31(42)36-21-30(41)45-22-25-12-8-5-9-13-25/h4-17,27-28,39H,18-22H2,1-3H3,(H,35,43)(H,36,42)(H,37,40)(H,38,44)/t27-,28-/m0/s1. The Morgan fingerprint density at radius 2 is 1.17 bits per heavy atom. The number of benzene rings is 3. The Labute approximate surface area is 267 Å². The molecule has 0 heterocycles. The van der Waals surface area contributed by atoms with Crippen LogP contribution in [0.3, 0.4) is 0 Å². The molecular weight excluding hydrogens is 592 g/mol. The molecule has 12 heteroatoms. The Balaban J connectivity index is 1.60. The van der Waals surface area contributed by atoms with Crippen LogP contribution in [0.15, 0.2) is 84.9 Å². The lowest BCUT2D eigenvalue weighted by Crippen LogP contribution is -2.54. The van der Waals surface area contributed by atoms with E-state index in [-0.39, 0.29) is 25.2 Å². The highest BCUT2D eigenvalue weighted by Gasteiger charge is 2.26. The summed E-state index contributed by atoms with van der Waals surface area (Å²) in [4.78, 5) is 63.8. The molecule has 2 atom stereocenters. The van der Waals surface area contributed by atoms with Gasteiger partial charge in [-0.05, 0) is 49.6 Å². The molecule has 0 fully saturated rings. The molecule has 5 N–H and O–H groups in total. The zero-order valence-corrected chi connectivity index (χ0v) is 26.1. The second kappa shape index (κ2) is 17.2. The quantitative estimate of drug-likeness (QED) is 0.169. The highest BCUT2D eigenvalue weighted by Crippen LogP contribution is 2.13. The molecule has 4 amide bonds. The van der Waals surface area contributed by atoms with E-state index in [1.807, 2.05) is 24.3 Å². The molecule has 12 nitrogen and oxygen atoms in total. The highest BCUT2D eigenvalue weighted by atomic mass is 16.6. The van der Waals surface area contributed by atoms with Crippen molar-refractivity contribution in [3.63, 3.8) is 0 Å². The monoisotopic (exact) mass is 632 g/mol. The molecule has 0 aliphatic rings. The molecule has 3 aromatic rings. The SMILES string of the molecule is CC(C)(C)OC(=O)N[C@@H](Cc1ccc(O)cc1)C(=O)NCC(=O)N[C@@H](Cc1ccccc1)C(=O)NCC(=O)OCc1ccccc1. The summed E-state index contributed by atoms with van der Waals surface area (Å²) in [5, 5.41) is 19.7. The molecule has 0 unspecified atom stereocenters. The third-order valence-electron chi connectivity index (χ3n) is 6.39. The fraction of sp³-hybridized carbons (Fsp3) is 0.324. The molecule has 0 radical (unpaired) electrons. The zero-order valence-electron chi connectivity index (χ0n) is 26.1. The van der Waals surface area contributed by atoms with E-state index in [1.54, 1.807) is 69.3 Å². The van der Waals surface area contributed by atoms with Gasteiger partial charge in [0.2, 0.25) is 17.7 Å². The molecule has 244 valence electrons. The molecule has 3 aromatic carbocycles. The van der Waals surface area contributed by atoms with Crippen molar-refractivity contribution in [2.24, 2.45) is 0 Å². The van der Waals surface area contributed by atoms with Crippen molar-refractivity contribution in [2.75, 3.05) is 13.1 Å². The lowest BCUT2D eigenvalue weighted by Gasteiger charge is -2.23. The van der Waals surface area contributed by atoms with Crippen LogP contribution in [0, 0.1) is 0 Å². The van der Waals surface area contributed by atoms with Gasteiger partial charge in [-0.3, -0.25) is 19.2 Å². The van der Waals surface area contributed by atoms with Crippen molar-refractivity contribution in [2.45, 2.75) is 57.9 Å². The molecule has 0 aromatic heterocycles. The minimum absolute atomic E-state index is 0.0414. The van der Waals surface area contributed by atoms with Crippen molar-refractivity contribution in [3.8, 4) is 5.75 Å². The fourth-order valence-electron chi connectivity index (χ4n) is 4.19. The maximum Gasteiger partial charge on any atom is 0.408 e. The summed E-state index contributed by atoms with van der Waals surface area (Å²) < 4.78 is 10.5. The van der Waals surface area contributed by atoms with Crippen LogP contribution in [0.1, 0.15) is 37.5 Å². The van der Waals surface area contributed by atoms with Gasteiger partial charge in [0, 0.05) is 12.8 Å². The summed E-state index contributed by atoms with van der Waals surface area (Å²) in [6.07, 6.45) is -0.653. The predicted octanol–water partition coefficient (Wildman–Crippen LogP) is 2.53. The number of amides is 4. The van der Waals surface area contributed by atoms with Gasteiger partial charge >= 0.3 is 12.1 Å². The number of hydrogen-bond acceptors (Lipinski definition) is 8. The van der Waals surface area contributed by atoms with E-state index in [2.05, 4.69) is 21.3 Å². The topological polar surface area (TPSA) is 172 Å². The van der Waals surface area contributed by atoms with Gasteiger partial charge in [0.25, 0.3) is 0 Å². The Morgan fingerprint density at radius 3 is 1.74 bits per heavy atom. The maximum atomic E-state index is 13.1. The Bertz CT molecular complexity index is 1460. The summed E-state index contributed by atoms with van der Waals surface area (Å²) in [5.41, 5.74) is 1.39. The summed E-state index contributed by atoms with van der Waals surface area (Å²) in [6, 6.07) is 22.0. The molecular formula is C34H40N4O8. The number of rotatable bonds is 14. The van der Waals surface area contributed by atoms with Crippen molar-refractivity contribution in [1.82, 2.24) is 21.3 Å². The van der Waals surface area contributed by atoms with Crippen LogP contribution in [0.5, 0.6) is 5.75 Å². The van der Waals surface area contributed by atoms with E-state index < -0.39 is 60.6 Å². The summed E-state index contributed by atoms with van der Waals surface area (Å²) in [5.74, 6) is -2.56. The molecule has 0 spiro atoms. The first-order valence-corrected chi connectivity index (χ1v) is 14.7. The Morgan fingerprint density at radius 1 is 0.674 bits per heavy atom. The van der Waals surface area contributed by atoms with Gasteiger partial charge in [0.1, 0.15) is 36.6 Å². The number of ether oxygens (including phenoxy) is 2. The third kappa shape index (κ3) is 13.1. The first-order valence-electron chi connectivity index (χ1n) is 14.7. The van der Waals surface area contributed by atoms with Crippen LogP contribution in [-0.2, 0) is 48.1 Å². The molecule has 0 aliphatic heterocycles. The van der Waals surface area contributed by atoms with Gasteiger partial charge in [0.15, 0.2) is 0 Å². The van der Waals surface area contributed by atoms with Gasteiger partial charge in [-0.25, -0.2) is 4.79 Å². The van der Waals surface area contributed by atoms with E-state index in [4.69, 9.17) is 9.47 Å². The largest absolute Gasteiger partial charge is 0.508 e. The number of nitrogens with one attached hydrogen (secondary N) is 4. The summed E-state index contributed by atoms with van der Waals surface area (Å²) in [6.45, 7) is 4.19. The van der Waals surface area contributed by atoms with Gasteiger partial charge in [0.05, 0.1) is 6.54 Å². The van der Waals surface area contributed by atoms with E-state index in [9.17, 15) is 29.1 Å². The second-order valence-electron chi connectivity index (χ2n) is 11.5. The molecule has 46 heavy (non-hydrogen) atoms. The number of aromatic hydroxyl groups is 1. The minimum atomic E-state index is -1.11. The van der Waals surface area contributed by atoms with E-state index >= 15 is 0 Å². The van der Waals surface area contributed by atoms with E-state index in [0.717, 1.165) is 11.1 Å². The van der Waals surface area contributed by atoms with Crippen LogP contribution in [0.4, 0.5) is 4.79 Å². The molecule has 0 saturated carbocycles. The van der Waals surface area contributed by atoms with Crippen molar-refractivity contribution in [1.29, 1.82) is 0 Å². The first kappa shape index (κ1) is 35.1. The number of carbonyl (C=O) groups excluding carboxylic acids is 5. The number of hydrogen-bond donors (Lipinski definition) is 5. The van der Waals surface area contributed by atoms with Crippen molar-refractivity contribution >= 4 is 29.8 Å². The number of alkyl carbamates (subject to hydrolysis) is 1. The average Bonchev–Trinajstić information content (AvgIpc) is 3.02. The third-order valence-corrected chi connectivity index (χ3v) is 6.39. The number of phenolic OH excluding ortho intramolecular Hbond substituents is 1. The number of esters is 1. The second-order valence-corrected chi connectivity index (χ2v) is 11.5. The number of phenols is 1. The first-order chi connectivity index (χ1) is 21.9. The molecule has 0 aliphatic carbocycles. The normalized spacial score (nSPS) is 12.2. The zero-order chi connectivity index (χ0) is 33.5. The summed E-state index contributed by atoms with van der Waals surface area (Å²) in [7, 11) is 0. The smallest absolute Gasteiger partial charge is 0.408 e. The van der Waals surface area contributed by atoms with Crippen LogP contribution >= 0.6 is 0 Å². The van der Waals surface area contributed by atoms with E-state index in [1.165, 1.54) is 12.1 Å². The molecule has 0 saturated heterocycles. The predicted molar refractivity (Wildman–Crippen MR) is 169 cm³/mol. The van der Waals surface area contributed by atoms with Gasteiger partial charge in [-0.1, -0.05) is 72.8 Å². The van der Waals surface area contributed by atoms with Crippen molar-refractivity contribution in [3.05, 3.63) is 102 Å². The van der Waals surface area contributed by atoms with Gasteiger partial charge in [-0.2, -0.15) is 0 Å². The van der Waals surface area contributed by atoms with Crippen LogP contribution in [0.25, 0.3) is 0 Å². The minimum Gasteiger partial charge on any atom is -0.508 e. The van der Waals surface area contributed by atoms with Gasteiger partial charge < -0.3 is 35.8 Å². The summed E-state index contributed by atoms with van der Waals surface area (Å²) >= 11 is 0. The Hall–Kier alpha value is -5.39. The average molecular weight is 633 g/mol. The van der Waals surface area contributed by atoms with Gasteiger partial charge in [-0.15, -0.1) is 0 Å². The fourth-order valence-corrected chi connectivity index (χ4v) is 4.19. The van der Waals surface area contributed by atoms with Crippen LogP contribution in [-0.4, -0.2) is 65.7 Å². The lowest BCUT2D eigenvalue weighted by molar-refractivity contribution is -0.145. The maximum absolute atomic E-state index is 13.1. The molecule has 3 rings (SSSR count). The number of carbonyl (C=O) groups is 5. The lowest BCUT2D eigenvalue weighted by atomic mass is 10.0. The van der Waals surface area contributed by atoms with Crippen LogP contribution < -0.4 is 21.3 Å². The van der Waals surface area contributed by atoms with E-state index in [0.29, 0.717) is 5.56 Å². The molecule has 0 bridgehead atoms. The van der Waals surface area contributed by atoms with Crippen LogP contribution in [0.2, 0.25) is 0 Å².